The number of carbonyl (C=O) groups is 1. The minimum atomic E-state index is -4.20. The Hall–Kier alpha value is -3.37. The van der Waals surface area contributed by atoms with E-state index in [1.165, 1.54) is 24.4 Å². The molecule has 0 atom stereocenters. The number of carboxylic acid groups (broad SMARTS) is 1. The fraction of sp³-hybridized carbons (Fsp3) is 0.250. The molecule has 34 heavy (non-hydrogen) atoms. The molecule has 1 heterocycles. The summed E-state index contributed by atoms with van der Waals surface area (Å²) in [5.74, 6) is -2.32. The average molecular weight is 491 g/mol. The van der Waals surface area contributed by atoms with Gasteiger partial charge in [-0.05, 0) is 64.1 Å². The Bertz CT molecular complexity index is 1330. The van der Waals surface area contributed by atoms with Crippen molar-refractivity contribution in [2.45, 2.75) is 37.5 Å². The van der Waals surface area contributed by atoms with Crippen LogP contribution in [0.5, 0.6) is 5.88 Å². The van der Waals surface area contributed by atoms with Gasteiger partial charge in [0.05, 0.1) is 13.0 Å². The minimum Gasteiger partial charge on any atom is -0.481 e. The normalized spacial score (nSPS) is 11.6. The van der Waals surface area contributed by atoms with E-state index in [1.54, 1.807) is 12.1 Å². The van der Waals surface area contributed by atoms with E-state index in [1.807, 2.05) is 13.8 Å². The lowest BCUT2D eigenvalue weighted by Gasteiger charge is -2.17. The van der Waals surface area contributed by atoms with Crippen LogP contribution in [-0.4, -0.2) is 31.1 Å². The third-order valence-corrected chi connectivity index (χ3v) is 6.11. The van der Waals surface area contributed by atoms with E-state index >= 15 is 0 Å². The van der Waals surface area contributed by atoms with Crippen molar-refractivity contribution in [2.24, 2.45) is 5.14 Å². The van der Waals surface area contributed by atoms with Crippen molar-refractivity contribution in [3.05, 3.63) is 77.0 Å². The van der Waals surface area contributed by atoms with E-state index in [4.69, 9.17) is 9.88 Å². The maximum Gasteiger partial charge on any atom is 0.307 e. The van der Waals surface area contributed by atoms with Gasteiger partial charge in [-0.25, -0.2) is 27.3 Å². The molecule has 0 saturated carbocycles. The summed E-state index contributed by atoms with van der Waals surface area (Å²) in [5.41, 5.74) is 2.61. The Kier molecular flexibility index (Phi) is 7.63. The van der Waals surface area contributed by atoms with Gasteiger partial charge in [-0.2, -0.15) is 0 Å². The van der Waals surface area contributed by atoms with Gasteiger partial charge in [-0.1, -0.05) is 19.9 Å². The third kappa shape index (κ3) is 6.15. The first kappa shape index (κ1) is 25.3. The van der Waals surface area contributed by atoms with Gasteiger partial charge < -0.3 is 9.84 Å². The fourth-order valence-electron chi connectivity index (χ4n) is 3.63. The Balaban J connectivity index is 1.85. The molecule has 2 aromatic carbocycles. The van der Waals surface area contributed by atoms with Crippen molar-refractivity contribution in [3.63, 3.8) is 0 Å². The van der Waals surface area contributed by atoms with E-state index < -0.39 is 32.5 Å². The van der Waals surface area contributed by atoms with Crippen LogP contribution in [0.1, 0.15) is 36.5 Å². The lowest BCUT2D eigenvalue weighted by Crippen LogP contribution is -2.14. The van der Waals surface area contributed by atoms with Crippen molar-refractivity contribution in [1.82, 2.24) is 4.98 Å². The molecule has 3 rings (SSSR count). The Morgan fingerprint density at radius 3 is 2.53 bits per heavy atom. The van der Waals surface area contributed by atoms with Gasteiger partial charge in [0.15, 0.2) is 0 Å². The van der Waals surface area contributed by atoms with E-state index in [0.29, 0.717) is 27.8 Å². The predicted molar refractivity (Wildman–Crippen MR) is 122 cm³/mol. The highest BCUT2D eigenvalue weighted by Gasteiger charge is 2.18. The van der Waals surface area contributed by atoms with Crippen LogP contribution in [0.3, 0.4) is 0 Å². The highest BCUT2D eigenvalue weighted by Crippen LogP contribution is 2.33. The Morgan fingerprint density at radius 1 is 1.15 bits per heavy atom. The number of hydrogen-bond donors (Lipinski definition) is 2. The summed E-state index contributed by atoms with van der Waals surface area (Å²) in [6, 6.07) is 9.44. The van der Waals surface area contributed by atoms with E-state index in [2.05, 4.69) is 4.98 Å². The van der Waals surface area contributed by atoms with E-state index in [-0.39, 0.29) is 31.2 Å². The van der Waals surface area contributed by atoms with Crippen LogP contribution >= 0.6 is 0 Å². The predicted octanol–water partition coefficient (Wildman–Crippen LogP) is 4.05. The first-order valence-electron chi connectivity index (χ1n) is 10.4. The molecule has 0 aliphatic carbocycles. The van der Waals surface area contributed by atoms with Crippen LogP contribution in [0.4, 0.5) is 8.78 Å². The standard InChI is InChI=1S/C24H24F2N2O5S/c1-14(2)18-11-17(25)12-19(20(18)13-24(29)30)16-5-7-28-23(10-16)33-8-6-15-3-4-21(26)22(9-15)34(27,31)32/h3-5,7,9-12,14H,6,8,13H2,1-2H3,(H,29,30)(H2,27,31,32). The number of halogens is 2. The number of ether oxygens (including phenoxy) is 1. The third-order valence-electron chi connectivity index (χ3n) is 5.19. The molecule has 1 aromatic heterocycles. The number of aromatic nitrogens is 1. The number of benzene rings is 2. The monoisotopic (exact) mass is 490 g/mol. The molecule has 180 valence electrons. The molecule has 0 bridgehead atoms. The molecule has 10 heteroatoms. The molecule has 0 saturated heterocycles. The zero-order valence-corrected chi connectivity index (χ0v) is 19.4. The van der Waals surface area contributed by atoms with E-state index in [9.17, 15) is 27.1 Å². The quantitative estimate of drug-likeness (QED) is 0.467. The SMILES string of the molecule is CC(C)c1cc(F)cc(-c2ccnc(OCCc3ccc(F)c(S(N)(=O)=O)c3)c2)c1CC(=O)O. The number of hydrogen-bond acceptors (Lipinski definition) is 5. The number of rotatable bonds is 9. The zero-order chi connectivity index (χ0) is 25.0. The van der Waals surface area contributed by atoms with Crippen LogP contribution in [0.2, 0.25) is 0 Å². The van der Waals surface area contributed by atoms with Gasteiger partial charge in [-0.3, -0.25) is 4.79 Å². The summed E-state index contributed by atoms with van der Waals surface area (Å²) in [6.07, 6.45) is 1.45. The van der Waals surface area contributed by atoms with Gasteiger partial charge in [0, 0.05) is 18.7 Å². The van der Waals surface area contributed by atoms with Crippen LogP contribution in [0, 0.1) is 11.6 Å². The molecule has 0 radical (unpaired) electrons. The van der Waals surface area contributed by atoms with Gasteiger partial charge in [0.2, 0.25) is 15.9 Å². The maximum absolute atomic E-state index is 14.4. The van der Waals surface area contributed by atoms with Crippen LogP contribution in [0.25, 0.3) is 11.1 Å². The van der Waals surface area contributed by atoms with Gasteiger partial charge in [-0.15, -0.1) is 0 Å². The number of nitrogens with zero attached hydrogens (tertiary/aromatic N) is 1. The molecule has 0 aliphatic heterocycles. The second-order valence-corrected chi connectivity index (χ2v) is 9.57. The highest BCUT2D eigenvalue weighted by molar-refractivity contribution is 7.89. The zero-order valence-electron chi connectivity index (χ0n) is 18.6. The van der Waals surface area contributed by atoms with Crippen LogP contribution in [0.15, 0.2) is 53.6 Å². The number of primary sulfonamides is 1. The summed E-state index contributed by atoms with van der Waals surface area (Å²) in [4.78, 5) is 15.0. The summed E-state index contributed by atoms with van der Waals surface area (Å²) in [5, 5.41) is 14.4. The molecule has 3 aromatic rings. The second kappa shape index (κ2) is 10.3. The fourth-order valence-corrected chi connectivity index (χ4v) is 4.29. The lowest BCUT2D eigenvalue weighted by molar-refractivity contribution is -0.136. The largest absolute Gasteiger partial charge is 0.481 e. The summed E-state index contributed by atoms with van der Waals surface area (Å²) < 4.78 is 56.7. The second-order valence-electron chi connectivity index (χ2n) is 8.04. The number of pyridine rings is 1. The van der Waals surface area contributed by atoms with Crippen LogP contribution in [-0.2, 0) is 27.7 Å². The molecule has 0 aliphatic rings. The molecule has 0 fully saturated rings. The minimum absolute atomic E-state index is 0.0840. The van der Waals surface area contributed by atoms with Crippen molar-refractivity contribution in [3.8, 4) is 17.0 Å². The highest BCUT2D eigenvalue weighted by atomic mass is 32.2. The molecule has 0 amide bonds. The average Bonchev–Trinajstić information content (AvgIpc) is 2.75. The molecule has 0 spiro atoms. The Labute approximate surface area is 196 Å². The summed E-state index contributed by atoms with van der Waals surface area (Å²) in [7, 11) is -4.20. The number of aliphatic carboxylic acids is 1. The van der Waals surface area contributed by atoms with Crippen LogP contribution < -0.4 is 9.88 Å². The van der Waals surface area contributed by atoms with E-state index in [0.717, 1.165) is 12.1 Å². The summed E-state index contributed by atoms with van der Waals surface area (Å²) >= 11 is 0. The number of carboxylic acids is 1. The number of nitrogens with two attached hydrogens (primary N) is 1. The van der Waals surface area contributed by atoms with Gasteiger partial charge in [0.1, 0.15) is 16.5 Å². The lowest BCUT2D eigenvalue weighted by atomic mass is 9.88. The van der Waals surface area contributed by atoms with Crippen molar-refractivity contribution in [1.29, 1.82) is 0 Å². The molecule has 3 N–H and O–H groups in total. The first-order chi connectivity index (χ1) is 16.0. The van der Waals surface area contributed by atoms with Gasteiger partial charge >= 0.3 is 5.97 Å². The van der Waals surface area contributed by atoms with Crippen molar-refractivity contribution < 1.29 is 31.8 Å². The van der Waals surface area contributed by atoms with Crippen molar-refractivity contribution in [2.75, 3.05) is 6.61 Å². The topological polar surface area (TPSA) is 120 Å². The maximum atomic E-state index is 14.4. The number of sulfonamides is 1. The summed E-state index contributed by atoms with van der Waals surface area (Å²) in [6.45, 7) is 3.82. The molecule has 7 nitrogen and oxygen atoms in total. The smallest absolute Gasteiger partial charge is 0.307 e. The molecule has 0 unspecified atom stereocenters. The molecular weight excluding hydrogens is 466 g/mol. The molecular formula is C24H24F2N2O5S. The van der Waals surface area contributed by atoms with Crippen molar-refractivity contribution >= 4 is 16.0 Å². The first-order valence-corrected chi connectivity index (χ1v) is 11.9. The Morgan fingerprint density at radius 2 is 1.88 bits per heavy atom. The van der Waals surface area contributed by atoms with Gasteiger partial charge in [0.25, 0.3) is 0 Å².